The predicted octanol–water partition coefficient (Wildman–Crippen LogP) is 4.05. The van der Waals surface area contributed by atoms with Gasteiger partial charge < -0.3 is 10.2 Å². The lowest BCUT2D eigenvalue weighted by Gasteiger charge is -2.26. The number of benzene rings is 1. The van der Waals surface area contributed by atoms with Crippen LogP contribution in [0.3, 0.4) is 0 Å². The molecule has 0 bridgehead atoms. The highest BCUT2D eigenvalue weighted by Gasteiger charge is 2.23. The first-order valence-corrected chi connectivity index (χ1v) is 9.46. The van der Waals surface area contributed by atoms with E-state index in [1.165, 1.54) is 12.8 Å². The Morgan fingerprint density at radius 1 is 1.52 bits per heavy atom. The second-order valence-corrected chi connectivity index (χ2v) is 7.62. The molecule has 1 aliphatic rings. The SMILES string of the molecule is CCCCN(CC1CCCN1)C(=O)c1cc(I)ccc1Br. The molecule has 1 aliphatic heterocycles. The molecule has 0 aromatic heterocycles. The van der Waals surface area contributed by atoms with Gasteiger partial charge in [-0.3, -0.25) is 4.79 Å². The van der Waals surface area contributed by atoms with E-state index in [9.17, 15) is 4.79 Å². The Hall–Kier alpha value is -0.140. The number of carbonyl (C=O) groups excluding carboxylic acids is 1. The van der Waals surface area contributed by atoms with Crippen LogP contribution >= 0.6 is 38.5 Å². The normalized spacial score (nSPS) is 18.0. The summed E-state index contributed by atoms with van der Waals surface area (Å²) in [7, 11) is 0. The van der Waals surface area contributed by atoms with Gasteiger partial charge in [0.1, 0.15) is 0 Å². The molecule has 0 radical (unpaired) electrons. The maximum atomic E-state index is 12.9. The summed E-state index contributed by atoms with van der Waals surface area (Å²) in [5.74, 6) is 0.141. The van der Waals surface area contributed by atoms with Crippen LogP contribution in [0.25, 0.3) is 0 Å². The zero-order valence-electron chi connectivity index (χ0n) is 12.4. The molecule has 1 aromatic carbocycles. The second-order valence-electron chi connectivity index (χ2n) is 5.52. The topological polar surface area (TPSA) is 32.3 Å². The molecule has 0 aliphatic carbocycles. The number of unbranched alkanes of at least 4 members (excludes halogenated alkanes) is 1. The number of nitrogens with zero attached hydrogens (tertiary/aromatic N) is 1. The zero-order valence-corrected chi connectivity index (χ0v) is 16.1. The molecular formula is C16H22BrIN2O. The van der Waals surface area contributed by atoms with Crippen LogP contribution in [0.4, 0.5) is 0 Å². The van der Waals surface area contributed by atoms with Gasteiger partial charge in [-0.15, -0.1) is 0 Å². The maximum Gasteiger partial charge on any atom is 0.255 e. The van der Waals surface area contributed by atoms with E-state index in [2.05, 4.69) is 50.8 Å². The van der Waals surface area contributed by atoms with Crippen molar-refractivity contribution in [3.8, 4) is 0 Å². The Bertz CT molecular complexity index is 489. The van der Waals surface area contributed by atoms with Gasteiger partial charge in [0.25, 0.3) is 5.91 Å². The molecule has 1 fully saturated rings. The van der Waals surface area contributed by atoms with Crippen molar-refractivity contribution >= 4 is 44.4 Å². The first kappa shape index (κ1) is 17.2. The summed E-state index contributed by atoms with van der Waals surface area (Å²) < 4.78 is 1.97. The van der Waals surface area contributed by atoms with E-state index in [-0.39, 0.29) is 5.91 Å². The molecule has 3 nitrogen and oxygen atoms in total. The number of rotatable bonds is 6. The molecule has 1 unspecified atom stereocenters. The van der Waals surface area contributed by atoms with Crippen molar-refractivity contribution in [1.29, 1.82) is 0 Å². The van der Waals surface area contributed by atoms with Gasteiger partial charge in [-0.05, 0) is 82.5 Å². The van der Waals surface area contributed by atoms with Crippen LogP contribution in [0.1, 0.15) is 43.0 Å². The maximum absolute atomic E-state index is 12.9. The number of hydrogen-bond donors (Lipinski definition) is 1. The first-order chi connectivity index (χ1) is 10.1. The van der Waals surface area contributed by atoms with E-state index < -0.39 is 0 Å². The second kappa shape index (κ2) is 8.48. The lowest BCUT2D eigenvalue weighted by molar-refractivity contribution is 0.0738. The van der Waals surface area contributed by atoms with Gasteiger partial charge in [-0.1, -0.05) is 13.3 Å². The highest BCUT2D eigenvalue weighted by molar-refractivity contribution is 14.1. The average molecular weight is 465 g/mol. The van der Waals surface area contributed by atoms with Crippen molar-refractivity contribution in [2.45, 2.75) is 38.6 Å². The van der Waals surface area contributed by atoms with Crippen molar-refractivity contribution in [3.05, 3.63) is 31.8 Å². The number of hydrogen-bond acceptors (Lipinski definition) is 2. The van der Waals surface area contributed by atoms with Crippen LogP contribution in [-0.4, -0.2) is 36.5 Å². The minimum absolute atomic E-state index is 0.141. The van der Waals surface area contributed by atoms with Crippen molar-refractivity contribution < 1.29 is 4.79 Å². The number of amides is 1. The molecule has 1 atom stereocenters. The molecule has 2 rings (SSSR count). The van der Waals surface area contributed by atoms with Crippen LogP contribution in [0.2, 0.25) is 0 Å². The molecule has 1 heterocycles. The standard InChI is InChI=1S/C16H22BrIN2O/c1-2-3-9-20(11-13-5-4-8-19-13)16(21)14-10-12(18)6-7-15(14)17/h6-7,10,13,19H,2-5,8-9,11H2,1H3. The number of carbonyl (C=O) groups is 1. The fourth-order valence-corrected chi connectivity index (χ4v) is 3.54. The summed E-state index contributed by atoms with van der Waals surface area (Å²) in [5.41, 5.74) is 0.774. The van der Waals surface area contributed by atoms with Crippen LogP contribution in [0.15, 0.2) is 22.7 Å². The minimum atomic E-state index is 0.141. The van der Waals surface area contributed by atoms with E-state index in [1.807, 2.05) is 23.1 Å². The third kappa shape index (κ3) is 4.93. The van der Waals surface area contributed by atoms with Crippen LogP contribution in [0, 0.1) is 3.57 Å². The van der Waals surface area contributed by atoms with E-state index in [0.29, 0.717) is 6.04 Å². The predicted molar refractivity (Wildman–Crippen MR) is 98.7 cm³/mol. The third-order valence-electron chi connectivity index (χ3n) is 3.83. The van der Waals surface area contributed by atoms with Crippen LogP contribution < -0.4 is 5.32 Å². The van der Waals surface area contributed by atoms with Gasteiger partial charge in [0.15, 0.2) is 0 Å². The van der Waals surface area contributed by atoms with Crippen molar-refractivity contribution in [3.63, 3.8) is 0 Å². The Morgan fingerprint density at radius 3 is 3.00 bits per heavy atom. The molecule has 1 N–H and O–H groups in total. The third-order valence-corrected chi connectivity index (χ3v) is 5.19. The smallest absolute Gasteiger partial charge is 0.255 e. The largest absolute Gasteiger partial charge is 0.337 e. The summed E-state index contributed by atoms with van der Waals surface area (Å²) in [5, 5.41) is 3.49. The average Bonchev–Trinajstić information content (AvgIpc) is 2.98. The van der Waals surface area contributed by atoms with Gasteiger partial charge >= 0.3 is 0 Å². The summed E-state index contributed by atoms with van der Waals surface area (Å²) in [6.45, 7) is 4.90. The first-order valence-electron chi connectivity index (χ1n) is 7.59. The summed E-state index contributed by atoms with van der Waals surface area (Å²) in [6, 6.07) is 6.39. The summed E-state index contributed by atoms with van der Waals surface area (Å²) in [4.78, 5) is 14.9. The molecule has 1 saturated heterocycles. The van der Waals surface area contributed by atoms with Crippen molar-refractivity contribution in [2.24, 2.45) is 0 Å². The Morgan fingerprint density at radius 2 is 2.33 bits per heavy atom. The van der Waals surface area contributed by atoms with E-state index in [1.54, 1.807) is 0 Å². The fourth-order valence-electron chi connectivity index (χ4n) is 2.64. The molecule has 0 saturated carbocycles. The van der Waals surface area contributed by atoms with Gasteiger partial charge in [-0.2, -0.15) is 0 Å². The van der Waals surface area contributed by atoms with Crippen LogP contribution in [-0.2, 0) is 0 Å². The number of nitrogens with one attached hydrogen (secondary N) is 1. The van der Waals surface area contributed by atoms with Crippen molar-refractivity contribution in [1.82, 2.24) is 10.2 Å². The molecule has 1 aromatic rings. The van der Waals surface area contributed by atoms with E-state index in [4.69, 9.17) is 0 Å². The van der Waals surface area contributed by atoms with Gasteiger partial charge in [0.05, 0.1) is 5.56 Å². The lowest BCUT2D eigenvalue weighted by Crippen LogP contribution is -2.41. The lowest BCUT2D eigenvalue weighted by atomic mass is 10.1. The highest BCUT2D eigenvalue weighted by atomic mass is 127. The summed E-state index contributed by atoms with van der Waals surface area (Å²) >= 11 is 5.77. The monoisotopic (exact) mass is 464 g/mol. The molecule has 0 spiro atoms. The molecular weight excluding hydrogens is 443 g/mol. The Kier molecular flexibility index (Phi) is 6.95. The van der Waals surface area contributed by atoms with Gasteiger partial charge in [0, 0.05) is 27.2 Å². The Labute approximate surface area is 149 Å². The zero-order chi connectivity index (χ0) is 15.2. The minimum Gasteiger partial charge on any atom is -0.337 e. The van der Waals surface area contributed by atoms with Crippen LogP contribution in [0.5, 0.6) is 0 Å². The summed E-state index contributed by atoms with van der Waals surface area (Å²) in [6.07, 6.45) is 4.55. The van der Waals surface area contributed by atoms with E-state index in [0.717, 1.165) is 46.1 Å². The molecule has 5 heteroatoms. The van der Waals surface area contributed by atoms with E-state index >= 15 is 0 Å². The number of halogens is 2. The molecule has 1 amide bonds. The fraction of sp³-hybridized carbons (Fsp3) is 0.562. The van der Waals surface area contributed by atoms with Gasteiger partial charge in [0.2, 0.25) is 0 Å². The Balaban J connectivity index is 2.13. The molecule has 21 heavy (non-hydrogen) atoms. The quantitative estimate of drug-likeness (QED) is 0.644. The highest BCUT2D eigenvalue weighted by Crippen LogP contribution is 2.22. The van der Waals surface area contributed by atoms with Crippen molar-refractivity contribution in [2.75, 3.05) is 19.6 Å². The molecule has 116 valence electrons. The van der Waals surface area contributed by atoms with Gasteiger partial charge in [-0.25, -0.2) is 0 Å².